The largest absolute Gasteiger partial charge is 0.481 e. The molecule has 0 aliphatic carbocycles. The van der Waals surface area contributed by atoms with Gasteiger partial charge in [-0.25, -0.2) is 18.1 Å². The molecule has 0 saturated carbocycles. The Morgan fingerprint density at radius 2 is 1.90 bits per heavy atom. The molecular weight excluding hydrogens is 449 g/mol. The van der Waals surface area contributed by atoms with Crippen LogP contribution in [0.15, 0.2) is 41.8 Å². The van der Waals surface area contributed by atoms with Gasteiger partial charge in [-0.1, -0.05) is 36.0 Å². The molecule has 2 rings (SSSR count). The molecular formula is C20H27Cl2N3O4S. The van der Waals surface area contributed by atoms with E-state index in [1.165, 1.54) is 18.2 Å². The van der Waals surface area contributed by atoms with Gasteiger partial charge in [-0.05, 0) is 49.8 Å². The van der Waals surface area contributed by atoms with E-state index in [0.29, 0.717) is 30.3 Å². The summed E-state index contributed by atoms with van der Waals surface area (Å²) in [6.07, 6.45) is 10.4. The Balaban J connectivity index is 1.74. The van der Waals surface area contributed by atoms with E-state index in [-0.39, 0.29) is 16.3 Å². The molecule has 0 aliphatic rings. The third-order valence-corrected chi connectivity index (χ3v) is 7.08. The average Bonchev–Trinajstić information content (AvgIpc) is 3.20. The highest BCUT2D eigenvalue weighted by Crippen LogP contribution is 2.25. The second-order valence-electron chi connectivity index (χ2n) is 7.21. The number of rotatable bonds is 14. The molecule has 0 amide bonds. The highest BCUT2D eigenvalue weighted by atomic mass is 35.5. The number of nitrogens with zero attached hydrogens (tertiary/aromatic N) is 2. The lowest BCUT2D eigenvalue weighted by atomic mass is 9.92. The molecule has 0 saturated heterocycles. The maximum absolute atomic E-state index is 12.3. The monoisotopic (exact) mass is 475 g/mol. The van der Waals surface area contributed by atoms with E-state index in [1.807, 2.05) is 10.8 Å². The van der Waals surface area contributed by atoms with E-state index < -0.39 is 16.0 Å². The number of unbranched alkanes of at least 4 members (excludes halogenated alkanes) is 1. The molecule has 7 nitrogen and oxygen atoms in total. The molecule has 30 heavy (non-hydrogen) atoms. The number of benzene rings is 1. The van der Waals surface area contributed by atoms with Gasteiger partial charge in [0.05, 0.1) is 21.3 Å². The Morgan fingerprint density at radius 1 is 1.13 bits per heavy atom. The first kappa shape index (κ1) is 24.7. The van der Waals surface area contributed by atoms with Gasteiger partial charge in [0.1, 0.15) is 0 Å². The zero-order valence-corrected chi connectivity index (χ0v) is 19.0. The summed E-state index contributed by atoms with van der Waals surface area (Å²) in [7, 11) is -3.64. The van der Waals surface area contributed by atoms with E-state index in [9.17, 15) is 13.2 Å². The number of imidazole rings is 1. The number of aryl methyl sites for hydroxylation is 1. The maximum atomic E-state index is 12.3. The van der Waals surface area contributed by atoms with Crippen LogP contribution in [0, 0.1) is 5.92 Å². The first-order valence-electron chi connectivity index (χ1n) is 9.90. The van der Waals surface area contributed by atoms with Crippen LogP contribution >= 0.6 is 23.2 Å². The Morgan fingerprint density at radius 3 is 2.57 bits per heavy atom. The summed E-state index contributed by atoms with van der Waals surface area (Å²) in [5, 5.41) is 9.47. The lowest BCUT2D eigenvalue weighted by Crippen LogP contribution is -2.24. The molecule has 166 valence electrons. The van der Waals surface area contributed by atoms with Gasteiger partial charge in [-0.3, -0.25) is 4.79 Å². The standard InChI is InChI=1S/C20H27Cl2N3O4S/c21-18-8-7-17(14-19(18)22)30(28,29)24-10-2-1-4-16(6-9-20(26)27)5-3-12-25-13-11-23-15-25/h7-8,11,13-16,24H,1-6,9-10,12H2,(H,26,27). The molecule has 0 fully saturated rings. The molecule has 10 heteroatoms. The lowest BCUT2D eigenvalue weighted by Gasteiger charge is -2.16. The highest BCUT2D eigenvalue weighted by molar-refractivity contribution is 7.89. The minimum Gasteiger partial charge on any atom is -0.481 e. The molecule has 1 heterocycles. The molecule has 1 atom stereocenters. The number of nitrogens with one attached hydrogen (secondary N) is 1. The maximum Gasteiger partial charge on any atom is 0.303 e. The summed E-state index contributed by atoms with van der Waals surface area (Å²) in [5.74, 6) is -0.486. The van der Waals surface area contributed by atoms with Crippen molar-refractivity contribution in [2.75, 3.05) is 6.54 Å². The second kappa shape index (κ2) is 12.3. The quantitative estimate of drug-likeness (QED) is 0.388. The van der Waals surface area contributed by atoms with E-state index in [2.05, 4.69) is 9.71 Å². The van der Waals surface area contributed by atoms with Gasteiger partial charge in [0.25, 0.3) is 0 Å². The van der Waals surface area contributed by atoms with Crippen molar-refractivity contribution in [2.24, 2.45) is 5.92 Å². The van der Waals surface area contributed by atoms with E-state index in [0.717, 1.165) is 32.2 Å². The van der Waals surface area contributed by atoms with Crippen LogP contribution in [0.5, 0.6) is 0 Å². The van der Waals surface area contributed by atoms with Crippen LogP contribution < -0.4 is 4.72 Å². The number of sulfonamides is 1. The van der Waals surface area contributed by atoms with Crippen LogP contribution in [-0.4, -0.2) is 35.6 Å². The fourth-order valence-corrected chi connectivity index (χ4v) is 4.70. The van der Waals surface area contributed by atoms with Crippen LogP contribution in [-0.2, 0) is 21.4 Å². The van der Waals surface area contributed by atoms with Gasteiger partial charge in [-0.2, -0.15) is 0 Å². The van der Waals surface area contributed by atoms with Crippen LogP contribution in [0.1, 0.15) is 44.9 Å². The Kier molecular flexibility index (Phi) is 10.1. The number of hydrogen-bond acceptors (Lipinski definition) is 4. The van der Waals surface area contributed by atoms with E-state index >= 15 is 0 Å². The van der Waals surface area contributed by atoms with Crippen molar-refractivity contribution in [1.82, 2.24) is 14.3 Å². The summed E-state index contributed by atoms with van der Waals surface area (Å²) in [5.41, 5.74) is 0. The fraction of sp³-hybridized carbons (Fsp3) is 0.500. The minimum absolute atomic E-state index is 0.0794. The summed E-state index contributed by atoms with van der Waals surface area (Å²) in [4.78, 5) is 15.0. The predicted molar refractivity (Wildman–Crippen MR) is 117 cm³/mol. The van der Waals surface area contributed by atoms with Crippen molar-refractivity contribution in [1.29, 1.82) is 0 Å². The van der Waals surface area contributed by atoms with Gasteiger partial charge < -0.3 is 9.67 Å². The van der Waals surface area contributed by atoms with Crippen molar-refractivity contribution in [3.8, 4) is 0 Å². The summed E-state index contributed by atoms with van der Waals surface area (Å²) < 4.78 is 29.3. The van der Waals surface area contributed by atoms with Gasteiger partial charge in [0.2, 0.25) is 10.0 Å². The molecule has 1 aromatic carbocycles. The Hall–Kier alpha value is -1.61. The number of halogens is 2. The van der Waals surface area contributed by atoms with Crippen LogP contribution in [0.3, 0.4) is 0 Å². The Bertz CT molecular complexity index is 905. The van der Waals surface area contributed by atoms with Crippen molar-refractivity contribution in [3.63, 3.8) is 0 Å². The van der Waals surface area contributed by atoms with E-state index in [4.69, 9.17) is 28.3 Å². The third-order valence-electron chi connectivity index (χ3n) is 4.89. The molecule has 2 aromatic rings. The number of carboxylic acid groups (broad SMARTS) is 1. The molecule has 1 unspecified atom stereocenters. The zero-order chi connectivity index (χ0) is 22.0. The number of carboxylic acids is 1. The van der Waals surface area contributed by atoms with Crippen molar-refractivity contribution in [3.05, 3.63) is 47.0 Å². The first-order chi connectivity index (χ1) is 14.3. The van der Waals surface area contributed by atoms with Gasteiger partial charge in [-0.15, -0.1) is 0 Å². The van der Waals surface area contributed by atoms with Gasteiger partial charge >= 0.3 is 5.97 Å². The topological polar surface area (TPSA) is 101 Å². The number of carbonyl (C=O) groups is 1. The molecule has 2 N–H and O–H groups in total. The summed E-state index contributed by atoms with van der Waals surface area (Å²) in [6.45, 7) is 1.16. The van der Waals surface area contributed by atoms with Gasteiger partial charge in [0, 0.05) is 31.9 Å². The lowest BCUT2D eigenvalue weighted by molar-refractivity contribution is -0.137. The summed E-state index contributed by atoms with van der Waals surface area (Å²) >= 11 is 11.7. The van der Waals surface area contributed by atoms with Crippen molar-refractivity contribution >= 4 is 39.2 Å². The summed E-state index contributed by atoms with van der Waals surface area (Å²) in [6, 6.07) is 4.20. The second-order valence-corrected chi connectivity index (χ2v) is 9.79. The highest BCUT2D eigenvalue weighted by Gasteiger charge is 2.15. The van der Waals surface area contributed by atoms with Crippen molar-refractivity contribution in [2.45, 2.75) is 56.4 Å². The molecule has 0 aliphatic heterocycles. The molecule has 1 aromatic heterocycles. The molecule has 0 spiro atoms. The van der Waals surface area contributed by atoms with E-state index in [1.54, 1.807) is 12.5 Å². The first-order valence-corrected chi connectivity index (χ1v) is 12.1. The SMILES string of the molecule is O=C(O)CCC(CCCCNS(=O)(=O)c1ccc(Cl)c(Cl)c1)CCCn1ccnc1. The zero-order valence-electron chi connectivity index (χ0n) is 16.6. The predicted octanol–water partition coefficient (Wildman–Crippen LogP) is 4.60. The minimum atomic E-state index is -3.64. The van der Waals surface area contributed by atoms with Crippen LogP contribution in [0.4, 0.5) is 0 Å². The van der Waals surface area contributed by atoms with Crippen LogP contribution in [0.2, 0.25) is 10.0 Å². The normalized spacial score (nSPS) is 12.7. The van der Waals surface area contributed by atoms with Crippen molar-refractivity contribution < 1.29 is 18.3 Å². The Labute approximate surface area is 187 Å². The molecule has 0 bridgehead atoms. The number of aromatic nitrogens is 2. The number of hydrogen-bond donors (Lipinski definition) is 2. The van der Waals surface area contributed by atoms with Crippen LogP contribution in [0.25, 0.3) is 0 Å². The number of aliphatic carboxylic acids is 1. The third kappa shape index (κ3) is 8.63. The average molecular weight is 476 g/mol. The fourth-order valence-electron chi connectivity index (χ4n) is 3.23. The van der Waals surface area contributed by atoms with Gasteiger partial charge in [0.15, 0.2) is 0 Å². The molecule has 0 radical (unpaired) electrons. The smallest absolute Gasteiger partial charge is 0.303 e.